The Hall–Kier alpha value is 0.177. The molecule has 0 aromatic heterocycles. The van der Waals surface area contributed by atoms with E-state index in [0.29, 0.717) is 0 Å². The normalized spacial score (nSPS) is 19.9. The lowest BCUT2D eigenvalue weighted by Crippen LogP contribution is -2.49. The summed E-state index contributed by atoms with van der Waals surface area (Å²) >= 11 is 0. The van der Waals surface area contributed by atoms with Crippen molar-refractivity contribution < 1.29 is 0 Å². The molecule has 0 N–H and O–H groups in total. The first-order chi connectivity index (χ1) is 4.99. The van der Waals surface area contributed by atoms with E-state index < -0.39 is 8.24 Å². The molecule has 0 aliphatic heterocycles. The molecule has 0 radical (unpaired) electrons. The molecule has 0 amide bonds. The minimum absolute atomic E-state index is 0.919. The van der Waals surface area contributed by atoms with Crippen LogP contribution < -0.4 is 0 Å². The van der Waals surface area contributed by atoms with Crippen molar-refractivity contribution in [1.29, 1.82) is 0 Å². The van der Waals surface area contributed by atoms with Crippen LogP contribution in [0.4, 0.5) is 0 Å². The molecule has 0 aliphatic carbocycles. The molecule has 11 heavy (non-hydrogen) atoms. The van der Waals surface area contributed by atoms with E-state index >= 15 is 0 Å². The summed E-state index contributed by atoms with van der Waals surface area (Å²) in [5.74, 6) is 0. The molecule has 0 heterocycles. The summed E-state index contributed by atoms with van der Waals surface area (Å²) in [5.41, 5.74) is 0.919. The quantitative estimate of drug-likeness (QED) is 0.591. The fourth-order valence-electron chi connectivity index (χ4n) is 1.55. The molecule has 2 unspecified atom stereocenters. The SMILES string of the molecule is CCC(C)[Si](C)(CC)N(C)C. The van der Waals surface area contributed by atoms with E-state index in [-0.39, 0.29) is 0 Å². The van der Waals surface area contributed by atoms with Crippen LogP contribution in [0, 0.1) is 0 Å². The Morgan fingerprint density at radius 1 is 1.27 bits per heavy atom. The molecule has 0 bridgehead atoms. The highest BCUT2D eigenvalue weighted by atomic mass is 28.3. The van der Waals surface area contributed by atoms with Crippen molar-refractivity contribution in [3.63, 3.8) is 0 Å². The fourth-order valence-corrected chi connectivity index (χ4v) is 4.64. The summed E-state index contributed by atoms with van der Waals surface area (Å²) < 4.78 is 2.49. The van der Waals surface area contributed by atoms with E-state index in [9.17, 15) is 0 Å². The van der Waals surface area contributed by atoms with Crippen molar-refractivity contribution in [2.45, 2.75) is 45.3 Å². The van der Waals surface area contributed by atoms with Crippen LogP contribution in [0.5, 0.6) is 0 Å². The zero-order chi connectivity index (χ0) is 9.07. The van der Waals surface area contributed by atoms with Gasteiger partial charge in [0, 0.05) is 0 Å². The van der Waals surface area contributed by atoms with Gasteiger partial charge in [0.15, 0.2) is 0 Å². The Bertz CT molecular complexity index is 114. The van der Waals surface area contributed by atoms with Crippen molar-refractivity contribution in [3.05, 3.63) is 0 Å². The Balaban J connectivity index is 4.32. The van der Waals surface area contributed by atoms with Crippen molar-refractivity contribution >= 4 is 8.24 Å². The lowest BCUT2D eigenvalue weighted by molar-refractivity contribution is 0.580. The van der Waals surface area contributed by atoms with Gasteiger partial charge in [0.25, 0.3) is 0 Å². The predicted octanol–water partition coefficient (Wildman–Crippen LogP) is 2.94. The number of hydrogen-bond donors (Lipinski definition) is 0. The lowest BCUT2D eigenvalue weighted by atomic mass is 10.4. The molecule has 0 fully saturated rings. The maximum Gasteiger partial charge on any atom is 0.127 e. The zero-order valence-electron chi connectivity index (χ0n) is 8.94. The monoisotopic (exact) mass is 173 g/mol. The van der Waals surface area contributed by atoms with Gasteiger partial charge in [-0.15, -0.1) is 0 Å². The number of nitrogens with zero attached hydrogens (tertiary/aromatic N) is 1. The molecule has 0 aliphatic rings. The summed E-state index contributed by atoms with van der Waals surface area (Å²) in [5, 5.41) is 0. The molecule has 2 atom stereocenters. The van der Waals surface area contributed by atoms with Crippen LogP contribution in [0.1, 0.15) is 27.2 Å². The van der Waals surface area contributed by atoms with Gasteiger partial charge in [0.1, 0.15) is 8.24 Å². The maximum atomic E-state index is 2.49. The fraction of sp³-hybridized carbons (Fsp3) is 1.00. The topological polar surface area (TPSA) is 3.24 Å². The minimum Gasteiger partial charge on any atom is -0.329 e. The number of rotatable bonds is 4. The van der Waals surface area contributed by atoms with Gasteiger partial charge in [-0.1, -0.05) is 33.7 Å². The van der Waals surface area contributed by atoms with Crippen LogP contribution >= 0.6 is 0 Å². The van der Waals surface area contributed by atoms with E-state index in [2.05, 4.69) is 46.0 Å². The van der Waals surface area contributed by atoms with E-state index in [4.69, 9.17) is 0 Å². The first-order valence-corrected chi connectivity index (χ1v) is 7.39. The second kappa shape index (κ2) is 4.26. The molecule has 0 spiro atoms. The average Bonchev–Trinajstić information content (AvgIpc) is 2.01. The van der Waals surface area contributed by atoms with E-state index in [0.717, 1.165) is 5.54 Å². The molecular formula is C9H23NSi. The Kier molecular flexibility index (Phi) is 4.33. The smallest absolute Gasteiger partial charge is 0.127 e. The van der Waals surface area contributed by atoms with Gasteiger partial charge in [-0.2, -0.15) is 0 Å². The summed E-state index contributed by atoms with van der Waals surface area (Å²) in [4.78, 5) is 0. The Labute approximate surface area is 72.9 Å². The van der Waals surface area contributed by atoms with E-state index in [1.165, 1.54) is 12.5 Å². The second-order valence-corrected chi connectivity index (χ2v) is 9.22. The van der Waals surface area contributed by atoms with Crippen LogP contribution in [0.3, 0.4) is 0 Å². The Morgan fingerprint density at radius 3 is 1.82 bits per heavy atom. The van der Waals surface area contributed by atoms with Gasteiger partial charge in [-0.25, -0.2) is 0 Å². The summed E-state index contributed by atoms with van der Waals surface area (Å²) in [6.07, 6.45) is 1.33. The van der Waals surface area contributed by atoms with Gasteiger partial charge in [-0.3, -0.25) is 0 Å². The van der Waals surface area contributed by atoms with Gasteiger partial charge in [0.2, 0.25) is 0 Å². The molecule has 1 nitrogen and oxygen atoms in total. The van der Waals surface area contributed by atoms with Gasteiger partial charge >= 0.3 is 0 Å². The molecule has 0 saturated heterocycles. The summed E-state index contributed by atoms with van der Waals surface area (Å²) in [6.45, 7) is 9.52. The highest BCUT2D eigenvalue weighted by Crippen LogP contribution is 2.29. The van der Waals surface area contributed by atoms with Crippen LogP contribution in [0.15, 0.2) is 0 Å². The summed E-state index contributed by atoms with van der Waals surface area (Å²) in [6, 6.07) is 1.37. The standard InChI is InChI=1S/C9H23NSi/c1-7-9(3)11(6,8-2)10(4)5/h9H,7-8H2,1-6H3. The zero-order valence-corrected chi connectivity index (χ0v) is 9.94. The third-order valence-electron chi connectivity index (χ3n) is 3.41. The van der Waals surface area contributed by atoms with Crippen LogP contribution in [0.25, 0.3) is 0 Å². The largest absolute Gasteiger partial charge is 0.329 e. The molecular weight excluding hydrogens is 150 g/mol. The molecule has 0 rings (SSSR count). The molecule has 2 heteroatoms. The van der Waals surface area contributed by atoms with Gasteiger partial charge < -0.3 is 4.57 Å². The predicted molar refractivity (Wildman–Crippen MR) is 55.5 cm³/mol. The maximum absolute atomic E-state index is 2.49. The number of hydrogen-bond acceptors (Lipinski definition) is 1. The second-order valence-electron chi connectivity index (χ2n) is 3.91. The Morgan fingerprint density at radius 2 is 1.73 bits per heavy atom. The van der Waals surface area contributed by atoms with Crippen LogP contribution in [-0.2, 0) is 0 Å². The minimum atomic E-state index is -1.07. The van der Waals surface area contributed by atoms with Crippen molar-refractivity contribution in [1.82, 2.24) is 4.57 Å². The van der Waals surface area contributed by atoms with E-state index in [1.807, 2.05) is 0 Å². The highest BCUT2D eigenvalue weighted by Gasteiger charge is 2.33. The highest BCUT2D eigenvalue weighted by molar-refractivity contribution is 6.77. The average molecular weight is 173 g/mol. The van der Waals surface area contributed by atoms with Gasteiger partial charge in [0.05, 0.1) is 0 Å². The molecule has 68 valence electrons. The van der Waals surface area contributed by atoms with Crippen molar-refractivity contribution in [2.24, 2.45) is 0 Å². The van der Waals surface area contributed by atoms with Crippen LogP contribution in [0.2, 0.25) is 18.1 Å². The first kappa shape index (κ1) is 11.2. The molecule has 0 aromatic carbocycles. The summed E-state index contributed by atoms with van der Waals surface area (Å²) in [7, 11) is 3.41. The van der Waals surface area contributed by atoms with Gasteiger partial charge in [-0.05, 0) is 25.7 Å². The molecule has 0 aromatic rings. The first-order valence-electron chi connectivity index (χ1n) is 4.66. The van der Waals surface area contributed by atoms with Crippen molar-refractivity contribution in [3.8, 4) is 0 Å². The molecule has 0 saturated carbocycles. The van der Waals surface area contributed by atoms with Crippen molar-refractivity contribution in [2.75, 3.05) is 14.1 Å². The lowest BCUT2D eigenvalue weighted by Gasteiger charge is -2.38. The third-order valence-corrected chi connectivity index (χ3v) is 9.42. The van der Waals surface area contributed by atoms with Crippen LogP contribution in [-0.4, -0.2) is 26.9 Å². The third kappa shape index (κ3) is 2.31. The van der Waals surface area contributed by atoms with E-state index in [1.54, 1.807) is 0 Å².